The van der Waals surface area contributed by atoms with Crippen LogP contribution in [0, 0.1) is 5.82 Å². The van der Waals surface area contributed by atoms with Gasteiger partial charge in [0, 0.05) is 21.9 Å². The first-order chi connectivity index (χ1) is 11.7. The van der Waals surface area contributed by atoms with E-state index < -0.39 is 5.82 Å². The van der Waals surface area contributed by atoms with E-state index in [1.54, 1.807) is 18.2 Å². The molecular formula is C18H16BrFN2O2. The normalized spacial score (nSPS) is 10.8. The number of benzene rings is 2. The summed E-state index contributed by atoms with van der Waals surface area (Å²) in [6.07, 6.45) is 0.897. The van der Waals surface area contributed by atoms with Crippen molar-refractivity contribution in [3.63, 3.8) is 0 Å². The second-order valence-corrected chi connectivity index (χ2v) is 6.05. The second kappa shape index (κ2) is 7.49. The molecule has 6 heteroatoms. The number of amides is 1. The molecule has 0 spiro atoms. The van der Waals surface area contributed by atoms with Crippen LogP contribution in [0.2, 0.25) is 0 Å². The smallest absolute Gasteiger partial charge is 0.272 e. The lowest BCUT2D eigenvalue weighted by Gasteiger charge is -2.05. The number of aromatic nitrogens is 1. The van der Waals surface area contributed by atoms with Crippen LogP contribution in [-0.4, -0.2) is 22.8 Å². The van der Waals surface area contributed by atoms with Gasteiger partial charge in [-0.15, -0.1) is 0 Å². The molecule has 0 atom stereocenters. The van der Waals surface area contributed by atoms with Gasteiger partial charge >= 0.3 is 0 Å². The molecule has 1 heterocycles. The van der Waals surface area contributed by atoms with Gasteiger partial charge in [-0.2, -0.15) is 0 Å². The number of alkyl halides is 1. The molecule has 0 bridgehead atoms. The van der Waals surface area contributed by atoms with E-state index in [2.05, 4.69) is 26.2 Å². The van der Waals surface area contributed by atoms with Gasteiger partial charge < -0.3 is 15.0 Å². The van der Waals surface area contributed by atoms with E-state index in [4.69, 9.17) is 4.74 Å². The minimum Gasteiger partial charge on any atom is -0.493 e. The molecule has 3 aromatic rings. The number of hydrogen-bond donors (Lipinski definition) is 2. The number of hydrogen-bond acceptors (Lipinski definition) is 2. The van der Waals surface area contributed by atoms with Gasteiger partial charge in [0.2, 0.25) is 0 Å². The number of fused-ring (bicyclic) bond motifs is 1. The van der Waals surface area contributed by atoms with Crippen LogP contribution < -0.4 is 10.1 Å². The van der Waals surface area contributed by atoms with E-state index in [-0.39, 0.29) is 5.91 Å². The number of rotatable bonds is 6. The quantitative estimate of drug-likeness (QED) is 0.472. The van der Waals surface area contributed by atoms with Crippen molar-refractivity contribution in [2.24, 2.45) is 0 Å². The third kappa shape index (κ3) is 3.76. The van der Waals surface area contributed by atoms with Crippen LogP contribution in [0.3, 0.4) is 0 Å². The molecule has 0 aliphatic heterocycles. The van der Waals surface area contributed by atoms with E-state index in [0.29, 0.717) is 18.0 Å². The number of carbonyl (C=O) groups excluding carboxylic acids is 1. The number of nitrogens with one attached hydrogen (secondary N) is 2. The first kappa shape index (κ1) is 16.5. The monoisotopic (exact) mass is 390 g/mol. The lowest BCUT2D eigenvalue weighted by atomic mass is 10.2. The Morgan fingerprint density at radius 3 is 2.83 bits per heavy atom. The van der Waals surface area contributed by atoms with Crippen LogP contribution in [0.5, 0.6) is 5.75 Å². The Morgan fingerprint density at radius 2 is 2.04 bits per heavy atom. The van der Waals surface area contributed by atoms with Gasteiger partial charge in [-0.25, -0.2) is 4.39 Å². The average Bonchev–Trinajstić information content (AvgIpc) is 3.00. The number of ether oxygens (including phenoxy) is 1. The molecule has 124 valence electrons. The van der Waals surface area contributed by atoms with Crippen LogP contribution in [0.25, 0.3) is 10.9 Å². The van der Waals surface area contributed by atoms with E-state index in [1.165, 1.54) is 12.1 Å². The van der Waals surface area contributed by atoms with E-state index >= 15 is 0 Å². The maximum Gasteiger partial charge on any atom is 0.272 e. The molecule has 0 radical (unpaired) electrons. The van der Waals surface area contributed by atoms with E-state index in [0.717, 1.165) is 28.4 Å². The van der Waals surface area contributed by atoms with Crippen LogP contribution in [0.1, 0.15) is 16.9 Å². The molecule has 2 aromatic carbocycles. The summed E-state index contributed by atoms with van der Waals surface area (Å²) in [6, 6.07) is 13.2. The summed E-state index contributed by atoms with van der Waals surface area (Å²) in [5.41, 5.74) is 1.62. The maximum absolute atomic E-state index is 13.2. The molecule has 4 nitrogen and oxygen atoms in total. The Balaban J connectivity index is 1.82. The number of halogens is 2. The Hall–Kier alpha value is -2.34. The molecule has 3 rings (SSSR count). The third-order valence-electron chi connectivity index (χ3n) is 3.49. The molecule has 2 N–H and O–H groups in total. The van der Waals surface area contributed by atoms with Gasteiger partial charge in [-0.1, -0.05) is 28.1 Å². The molecule has 0 fully saturated rings. The zero-order valence-electron chi connectivity index (χ0n) is 12.8. The van der Waals surface area contributed by atoms with Crippen molar-refractivity contribution in [2.45, 2.75) is 6.42 Å². The third-order valence-corrected chi connectivity index (χ3v) is 4.05. The van der Waals surface area contributed by atoms with Gasteiger partial charge in [0.05, 0.1) is 6.61 Å². The van der Waals surface area contributed by atoms with Crippen molar-refractivity contribution in [3.8, 4) is 5.75 Å². The minimum absolute atomic E-state index is 0.330. The van der Waals surface area contributed by atoms with E-state index in [9.17, 15) is 9.18 Å². The summed E-state index contributed by atoms with van der Waals surface area (Å²) in [6.45, 7) is 0.598. The lowest BCUT2D eigenvalue weighted by molar-refractivity contribution is 0.102. The second-order valence-electron chi connectivity index (χ2n) is 5.26. The predicted octanol–water partition coefficient (Wildman–Crippen LogP) is 4.72. The Bertz CT molecular complexity index is 863. The highest BCUT2D eigenvalue weighted by Crippen LogP contribution is 2.27. The Kier molecular flexibility index (Phi) is 5.15. The van der Waals surface area contributed by atoms with Gasteiger partial charge in [0.25, 0.3) is 5.91 Å². The van der Waals surface area contributed by atoms with Crippen molar-refractivity contribution in [3.05, 3.63) is 60.0 Å². The van der Waals surface area contributed by atoms with Crippen molar-refractivity contribution in [1.82, 2.24) is 4.98 Å². The van der Waals surface area contributed by atoms with Crippen LogP contribution in [0.15, 0.2) is 48.5 Å². The standard InChI is InChI=1S/C18H16BrFN2O2/c19-8-3-9-24-17-7-2-6-15-14(17)11-16(22-15)18(23)21-13-5-1-4-12(20)10-13/h1-2,4-7,10-11,22H,3,8-9H2,(H,21,23). The topological polar surface area (TPSA) is 54.1 Å². The van der Waals surface area contributed by atoms with Crippen LogP contribution in [-0.2, 0) is 0 Å². The number of carbonyl (C=O) groups is 1. The largest absolute Gasteiger partial charge is 0.493 e. The zero-order valence-corrected chi connectivity index (χ0v) is 14.4. The fraction of sp³-hybridized carbons (Fsp3) is 0.167. The summed E-state index contributed by atoms with van der Waals surface area (Å²) in [5, 5.41) is 4.39. The van der Waals surface area contributed by atoms with Crippen LogP contribution >= 0.6 is 15.9 Å². The fourth-order valence-electron chi connectivity index (χ4n) is 2.38. The van der Waals surface area contributed by atoms with Crippen molar-refractivity contribution < 1.29 is 13.9 Å². The highest BCUT2D eigenvalue weighted by atomic mass is 79.9. The molecule has 0 saturated carbocycles. The van der Waals surface area contributed by atoms with E-state index in [1.807, 2.05) is 18.2 Å². The SMILES string of the molecule is O=C(Nc1cccc(F)c1)c1cc2c(OCCCBr)cccc2[nH]1. The zero-order chi connectivity index (χ0) is 16.9. The Morgan fingerprint density at radius 1 is 1.21 bits per heavy atom. The highest BCUT2D eigenvalue weighted by molar-refractivity contribution is 9.09. The summed E-state index contributed by atoms with van der Waals surface area (Å²) >= 11 is 3.37. The Labute approximate surface area is 147 Å². The van der Waals surface area contributed by atoms with Gasteiger partial charge in [-0.05, 0) is 42.8 Å². The molecular weight excluding hydrogens is 375 g/mol. The molecule has 0 aliphatic rings. The molecule has 24 heavy (non-hydrogen) atoms. The number of anilines is 1. The number of H-pyrrole nitrogens is 1. The molecule has 1 amide bonds. The number of aromatic amines is 1. The lowest BCUT2D eigenvalue weighted by Crippen LogP contribution is -2.12. The summed E-state index contributed by atoms with van der Waals surface area (Å²) in [7, 11) is 0. The van der Waals surface area contributed by atoms with Gasteiger partial charge in [-0.3, -0.25) is 4.79 Å². The first-order valence-corrected chi connectivity index (χ1v) is 8.67. The fourth-order valence-corrected chi connectivity index (χ4v) is 2.61. The maximum atomic E-state index is 13.2. The van der Waals surface area contributed by atoms with Gasteiger partial charge in [0.1, 0.15) is 17.3 Å². The molecule has 0 aliphatic carbocycles. The first-order valence-electron chi connectivity index (χ1n) is 7.55. The molecule has 1 aromatic heterocycles. The molecule has 0 saturated heterocycles. The van der Waals surface area contributed by atoms with Crippen LogP contribution in [0.4, 0.5) is 10.1 Å². The van der Waals surface area contributed by atoms with Crippen molar-refractivity contribution in [1.29, 1.82) is 0 Å². The average molecular weight is 391 g/mol. The van der Waals surface area contributed by atoms with Crippen molar-refractivity contribution >= 4 is 38.4 Å². The predicted molar refractivity (Wildman–Crippen MR) is 96.6 cm³/mol. The summed E-state index contributed by atoms with van der Waals surface area (Å²) in [4.78, 5) is 15.4. The highest BCUT2D eigenvalue weighted by Gasteiger charge is 2.12. The summed E-state index contributed by atoms with van der Waals surface area (Å²) in [5.74, 6) is 0.00429. The van der Waals surface area contributed by atoms with Gasteiger partial charge in [0.15, 0.2) is 0 Å². The molecule has 0 unspecified atom stereocenters. The summed E-state index contributed by atoms with van der Waals surface area (Å²) < 4.78 is 19.0. The minimum atomic E-state index is -0.396. The van der Waals surface area contributed by atoms with Crippen molar-refractivity contribution in [2.75, 3.05) is 17.3 Å².